The summed E-state index contributed by atoms with van der Waals surface area (Å²) >= 11 is 0.845. The summed E-state index contributed by atoms with van der Waals surface area (Å²) in [6, 6.07) is 0.00107. The Hall–Kier alpha value is -2.17. The average Bonchev–Trinajstić information content (AvgIpc) is 2.94. The van der Waals surface area contributed by atoms with Gasteiger partial charge in [0.15, 0.2) is 6.61 Å². The number of ether oxygens (including phenoxy) is 1. The fraction of sp³-hybridized carbons (Fsp3) is 0.600. The number of hydrogen-bond donors (Lipinski definition) is 1. The Morgan fingerprint density at radius 3 is 2.62 bits per heavy atom. The number of amides is 1. The molecule has 0 spiro atoms. The maximum absolute atomic E-state index is 13.0. The summed E-state index contributed by atoms with van der Waals surface area (Å²) < 4.78 is 43.7. The molecule has 2 rings (SSSR count). The second-order valence-corrected chi connectivity index (χ2v) is 7.25. The van der Waals surface area contributed by atoms with Crippen LogP contribution in [0.15, 0.2) is 6.07 Å². The van der Waals surface area contributed by atoms with Crippen molar-refractivity contribution in [3.05, 3.63) is 25.9 Å². The molecule has 1 aliphatic rings. The summed E-state index contributed by atoms with van der Waals surface area (Å²) in [6.45, 7) is 0.720. The number of nitro groups is 1. The van der Waals surface area contributed by atoms with Gasteiger partial charge in [0, 0.05) is 12.1 Å². The van der Waals surface area contributed by atoms with E-state index in [-0.39, 0.29) is 23.4 Å². The van der Waals surface area contributed by atoms with Crippen LogP contribution < -0.4 is 5.32 Å². The maximum Gasteiger partial charge on any atom is 0.393 e. The lowest BCUT2D eigenvalue weighted by Crippen LogP contribution is -2.48. The smallest absolute Gasteiger partial charge is 0.393 e. The van der Waals surface area contributed by atoms with Crippen molar-refractivity contribution in [1.82, 2.24) is 5.32 Å². The molecule has 7 nitrogen and oxygen atoms in total. The molecule has 1 aromatic heterocycles. The first-order valence-electron chi connectivity index (χ1n) is 7.87. The number of esters is 1. The van der Waals surface area contributed by atoms with Crippen LogP contribution in [0.1, 0.15) is 40.2 Å². The Morgan fingerprint density at radius 2 is 2.04 bits per heavy atom. The van der Waals surface area contributed by atoms with Gasteiger partial charge in [0.25, 0.3) is 11.6 Å². The van der Waals surface area contributed by atoms with Crippen LogP contribution in [-0.4, -0.2) is 35.6 Å². The highest BCUT2D eigenvalue weighted by atomic mass is 32.1. The van der Waals surface area contributed by atoms with Crippen molar-refractivity contribution in [1.29, 1.82) is 0 Å². The van der Waals surface area contributed by atoms with Gasteiger partial charge in [-0.2, -0.15) is 13.2 Å². The van der Waals surface area contributed by atoms with Gasteiger partial charge in [0.05, 0.1) is 15.7 Å². The first-order valence-corrected chi connectivity index (χ1v) is 8.69. The molecule has 0 saturated heterocycles. The number of carbonyl (C=O) groups excluding carboxylic acids is 2. The highest BCUT2D eigenvalue weighted by Crippen LogP contribution is 2.37. The molecule has 1 aliphatic carbocycles. The largest absolute Gasteiger partial charge is 0.451 e. The maximum atomic E-state index is 13.0. The summed E-state index contributed by atoms with van der Waals surface area (Å²) in [5.74, 6) is -3.38. The van der Waals surface area contributed by atoms with Crippen molar-refractivity contribution in [3.63, 3.8) is 0 Å². The zero-order valence-electron chi connectivity index (χ0n) is 13.8. The molecule has 2 atom stereocenters. The van der Waals surface area contributed by atoms with Crippen molar-refractivity contribution in [2.24, 2.45) is 5.92 Å². The number of carbonyl (C=O) groups is 2. The second-order valence-electron chi connectivity index (χ2n) is 5.99. The van der Waals surface area contributed by atoms with Gasteiger partial charge in [-0.1, -0.05) is 12.8 Å². The van der Waals surface area contributed by atoms with Crippen LogP contribution >= 0.6 is 11.3 Å². The quantitative estimate of drug-likeness (QED) is 0.469. The van der Waals surface area contributed by atoms with E-state index in [2.05, 4.69) is 5.32 Å². The van der Waals surface area contributed by atoms with E-state index in [0.29, 0.717) is 17.7 Å². The molecule has 1 amide bonds. The number of aryl methyl sites for hydroxylation is 1. The van der Waals surface area contributed by atoms with Crippen molar-refractivity contribution >= 4 is 28.9 Å². The molecule has 1 aromatic rings. The molecule has 11 heteroatoms. The highest BCUT2D eigenvalue weighted by Gasteiger charge is 2.45. The molecule has 1 heterocycles. The van der Waals surface area contributed by atoms with E-state index >= 15 is 0 Å². The van der Waals surface area contributed by atoms with E-state index in [4.69, 9.17) is 4.74 Å². The van der Waals surface area contributed by atoms with E-state index in [0.717, 1.165) is 17.4 Å². The first-order chi connectivity index (χ1) is 12.1. The minimum Gasteiger partial charge on any atom is -0.451 e. The standard InChI is InChI=1S/C15H17F3N2O5S/c1-8-11(20(23)24)6-12(26-8)14(22)25-7-13(21)19-10-5-3-2-4-9(10)15(16,17)18/h6,9-10H,2-5,7H2,1H3,(H,19,21)/t9-,10+/m0/s1. The van der Waals surface area contributed by atoms with Crippen molar-refractivity contribution in [3.8, 4) is 0 Å². The number of nitrogens with zero attached hydrogens (tertiary/aromatic N) is 1. The third-order valence-electron chi connectivity index (χ3n) is 4.16. The van der Waals surface area contributed by atoms with E-state index in [1.165, 1.54) is 6.92 Å². The molecule has 0 bridgehead atoms. The number of halogens is 3. The van der Waals surface area contributed by atoms with E-state index in [1.807, 2.05) is 0 Å². The van der Waals surface area contributed by atoms with Crippen LogP contribution in [0.25, 0.3) is 0 Å². The molecule has 1 N–H and O–H groups in total. The van der Waals surface area contributed by atoms with E-state index in [9.17, 15) is 32.9 Å². The number of hydrogen-bond acceptors (Lipinski definition) is 6. The van der Waals surface area contributed by atoms with Gasteiger partial charge in [-0.25, -0.2) is 4.79 Å². The fourth-order valence-corrected chi connectivity index (χ4v) is 3.78. The predicted octanol–water partition coefficient (Wildman–Crippen LogP) is 3.36. The Kier molecular flexibility index (Phi) is 6.21. The molecule has 0 aromatic carbocycles. The van der Waals surface area contributed by atoms with Gasteiger partial charge in [-0.15, -0.1) is 11.3 Å². The first kappa shape index (κ1) is 20.1. The number of thiophene rings is 1. The molecule has 1 saturated carbocycles. The SMILES string of the molecule is Cc1sc(C(=O)OCC(=O)N[C@@H]2CCCC[C@@H]2C(F)(F)F)cc1[N+](=O)[O-]. The van der Waals surface area contributed by atoms with Crippen molar-refractivity contribution in [2.75, 3.05) is 6.61 Å². The molecule has 0 radical (unpaired) electrons. The molecule has 0 unspecified atom stereocenters. The Bertz CT molecular complexity index is 704. The minimum atomic E-state index is -4.40. The van der Waals surface area contributed by atoms with Gasteiger partial charge < -0.3 is 10.1 Å². The van der Waals surface area contributed by atoms with E-state index < -0.39 is 41.5 Å². The van der Waals surface area contributed by atoms with Gasteiger partial charge in [-0.05, 0) is 19.8 Å². The van der Waals surface area contributed by atoms with Crippen LogP contribution in [-0.2, 0) is 9.53 Å². The normalized spacial score (nSPS) is 20.5. The Labute approximate surface area is 150 Å². The van der Waals surface area contributed by atoms with Crippen LogP contribution in [0.3, 0.4) is 0 Å². The van der Waals surface area contributed by atoms with Gasteiger partial charge in [-0.3, -0.25) is 14.9 Å². The summed E-state index contributed by atoms with van der Waals surface area (Å²) in [5, 5.41) is 13.0. The third-order valence-corrected chi connectivity index (χ3v) is 5.18. The molecule has 26 heavy (non-hydrogen) atoms. The zero-order chi connectivity index (χ0) is 19.5. The number of nitrogens with one attached hydrogen (secondary N) is 1. The summed E-state index contributed by atoms with van der Waals surface area (Å²) in [5.41, 5.74) is -0.235. The highest BCUT2D eigenvalue weighted by molar-refractivity contribution is 7.14. The molecular formula is C15H17F3N2O5S. The van der Waals surface area contributed by atoms with Crippen LogP contribution in [0.4, 0.5) is 18.9 Å². The average molecular weight is 394 g/mol. The topological polar surface area (TPSA) is 98.5 Å². The number of rotatable bonds is 5. The Balaban J connectivity index is 1.90. The zero-order valence-corrected chi connectivity index (χ0v) is 14.6. The molecular weight excluding hydrogens is 377 g/mol. The molecule has 1 fully saturated rings. The van der Waals surface area contributed by atoms with Crippen LogP contribution in [0, 0.1) is 23.0 Å². The predicted molar refractivity (Wildman–Crippen MR) is 85.9 cm³/mol. The monoisotopic (exact) mass is 394 g/mol. The molecule has 144 valence electrons. The lowest BCUT2D eigenvalue weighted by atomic mass is 9.84. The summed E-state index contributed by atoms with van der Waals surface area (Å²) in [6.07, 6.45) is -3.22. The molecule has 0 aliphatic heterocycles. The van der Waals surface area contributed by atoms with Gasteiger partial charge in [0.2, 0.25) is 0 Å². The Morgan fingerprint density at radius 1 is 1.38 bits per heavy atom. The van der Waals surface area contributed by atoms with Crippen molar-refractivity contribution < 1.29 is 32.4 Å². The third kappa shape index (κ3) is 4.93. The summed E-state index contributed by atoms with van der Waals surface area (Å²) in [7, 11) is 0. The van der Waals surface area contributed by atoms with E-state index in [1.54, 1.807) is 0 Å². The van der Waals surface area contributed by atoms with Crippen molar-refractivity contribution in [2.45, 2.75) is 44.8 Å². The fourth-order valence-electron chi connectivity index (χ4n) is 2.90. The van der Waals surface area contributed by atoms with Crippen LogP contribution in [0.2, 0.25) is 0 Å². The lowest BCUT2D eigenvalue weighted by Gasteiger charge is -2.33. The van der Waals surface area contributed by atoms with Gasteiger partial charge in [0.1, 0.15) is 4.88 Å². The second kappa shape index (κ2) is 8.02. The minimum absolute atomic E-state index is 0.0483. The van der Waals surface area contributed by atoms with Gasteiger partial charge >= 0.3 is 12.1 Å². The summed E-state index contributed by atoms with van der Waals surface area (Å²) in [4.78, 5) is 34.1. The lowest BCUT2D eigenvalue weighted by molar-refractivity contribution is -0.385. The number of alkyl halides is 3. The van der Waals surface area contributed by atoms with Crippen LogP contribution in [0.5, 0.6) is 0 Å².